The minimum absolute atomic E-state index is 0.0349. The summed E-state index contributed by atoms with van der Waals surface area (Å²) in [6, 6.07) is 0.219. The molecule has 2 aromatic rings. The van der Waals surface area contributed by atoms with Crippen molar-refractivity contribution in [2.75, 3.05) is 13.1 Å². The first-order chi connectivity index (χ1) is 17.8. The Hall–Kier alpha value is -3.40. The first kappa shape index (κ1) is 31.8. The fourth-order valence-corrected chi connectivity index (χ4v) is 3.49. The third-order valence-electron chi connectivity index (χ3n) is 5.22. The number of hydrogen-bond donors (Lipinski definition) is 0. The average Bonchev–Trinajstić information content (AvgIpc) is 2.79. The normalized spacial score (nSPS) is 13.6. The Morgan fingerprint density at radius 2 is 0.974 bits per heavy atom. The van der Waals surface area contributed by atoms with Gasteiger partial charge in [-0.1, -0.05) is 24.0 Å². The van der Waals surface area contributed by atoms with Crippen LogP contribution in [0.25, 0.3) is 0 Å². The van der Waals surface area contributed by atoms with Crippen LogP contribution in [-0.4, -0.2) is 24.0 Å². The van der Waals surface area contributed by atoms with Gasteiger partial charge in [0.2, 0.25) is 0 Å². The first-order valence-electron chi connectivity index (χ1n) is 10.8. The summed E-state index contributed by atoms with van der Waals surface area (Å²) in [5.41, 5.74) is -7.63. The van der Waals surface area contributed by atoms with Crippen molar-refractivity contribution >= 4 is 0 Å². The zero-order valence-electron chi connectivity index (χ0n) is 19.7. The summed E-state index contributed by atoms with van der Waals surface area (Å²) in [6.45, 7) is 6.91. The molecule has 0 spiro atoms. The van der Waals surface area contributed by atoms with Crippen LogP contribution in [0.5, 0.6) is 0 Å². The lowest BCUT2D eigenvalue weighted by atomic mass is 9.98. The maximum absolute atomic E-state index is 13.3. The SMILES string of the molecule is C=CCN(CC=C)C(C#Cc1cc(C(F)(F)F)cc(C(F)(F)F)c1)Cc1cc(C(F)(F)F)cc(C(F)(F)F)c1. The molecule has 212 valence electrons. The second-order valence-corrected chi connectivity index (χ2v) is 8.23. The Bertz CT molecular complexity index is 1160. The lowest BCUT2D eigenvalue weighted by Crippen LogP contribution is -2.36. The van der Waals surface area contributed by atoms with Crippen LogP contribution >= 0.6 is 0 Å². The second kappa shape index (κ2) is 11.8. The summed E-state index contributed by atoms with van der Waals surface area (Å²) >= 11 is 0. The maximum atomic E-state index is 13.3. The summed E-state index contributed by atoms with van der Waals surface area (Å²) in [4.78, 5) is 1.37. The van der Waals surface area contributed by atoms with E-state index in [0.717, 1.165) is 0 Å². The van der Waals surface area contributed by atoms with Gasteiger partial charge in [0.25, 0.3) is 0 Å². The van der Waals surface area contributed by atoms with Crippen molar-refractivity contribution in [1.82, 2.24) is 4.90 Å². The summed E-state index contributed by atoms with van der Waals surface area (Å²) in [6.07, 6.45) is -18.5. The number of rotatable bonds is 7. The lowest BCUT2D eigenvalue weighted by Gasteiger charge is -2.26. The Morgan fingerprint density at radius 1 is 0.615 bits per heavy atom. The van der Waals surface area contributed by atoms with Crippen LogP contribution in [0.3, 0.4) is 0 Å². The third kappa shape index (κ3) is 9.09. The van der Waals surface area contributed by atoms with Crippen LogP contribution in [0.4, 0.5) is 52.7 Å². The Balaban J connectivity index is 2.69. The number of alkyl halides is 12. The lowest BCUT2D eigenvalue weighted by molar-refractivity contribution is -0.144. The minimum atomic E-state index is -5.15. The Labute approximate surface area is 215 Å². The van der Waals surface area contributed by atoms with E-state index in [0.29, 0.717) is 24.3 Å². The molecule has 0 saturated carbocycles. The van der Waals surface area contributed by atoms with Crippen LogP contribution in [0.15, 0.2) is 61.7 Å². The zero-order chi connectivity index (χ0) is 29.8. The average molecular weight is 573 g/mol. The monoisotopic (exact) mass is 573 g/mol. The van der Waals surface area contributed by atoms with Gasteiger partial charge in [-0.3, -0.25) is 4.90 Å². The van der Waals surface area contributed by atoms with Gasteiger partial charge in [-0.15, -0.1) is 13.2 Å². The number of hydrogen-bond acceptors (Lipinski definition) is 1. The van der Waals surface area contributed by atoms with E-state index in [1.54, 1.807) is 0 Å². The standard InChI is InChI=1S/C26H19F12N/c1-3-7-39(8-4-2)22(13-17-11-20(25(33,34)35)15-21(12-17)26(36,37)38)6-5-16-9-18(23(27,28)29)14-19(10-16)24(30,31)32/h3-4,9-12,14-15,22H,1-2,7-8,13H2. The van der Waals surface area contributed by atoms with E-state index in [1.165, 1.54) is 17.1 Å². The molecule has 39 heavy (non-hydrogen) atoms. The molecule has 0 N–H and O–H groups in total. The predicted molar refractivity (Wildman–Crippen MR) is 119 cm³/mol. The van der Waals surface area contributed by atoms with Crippen molar-refractivity contribution in [3.63, 3.8) is 0 Å². The molecule has 1 atom stereocenters. The van der Waals surface area contributed by atoms with Crippen molar-refractivity contribution in [3.8, 4) is 11.8 Å². The quantitative estimate of drug-likeness (QED) is 0.183. The van der Waals surface area contributed by atoms with E-state index >= 15 is 0 Å². The zero-order valence-corrected chi connectivity index (χ0v) is 19.7. The van der Waals surface area contributed by atoms with Crippen LogP contribution < -0.4 is 0 Å². The van der Waals surface area contributed by atoms with Gasteiger partial charge in [-0.05, 0) is 48.4 Å². The molecule has 0 aliphatic rings. The van der Waals surface area contributed by atoms with Gasteiger partial charge in [-0.25, -0.2) is 0 Å². The molecule has 1 unspecified atom stereocenters. The fourth-order valence-electron chi connectivity index (χ4n) is 3.49. The molecule has 0 aromatic heterocycles. The fraction of sp³-hybridized carbons (Fsp3) is 0.308. The van der Waals surface area contributed by atoms with Crippen molar-refractivity contribution in [2.45, 2.75) is 37.2 Å². The highest BCUT2D eigenvalue weighted by molar-refractivity contribution is 5.44. The molecule has 2 rings (SSSR count). The number of benzene rings is 2. The minimum Gasteiger partial charge on any atom is -0.282 e. The van der Waals surface area contributed by atoms with Crippen LogP contribution in [0, 0.1) is 11.8 Å². The Morgan fingerprint density at radius 3 is 1.31 bits per heavy atom. The van der Waals surface area contributed by atoms with Crippen LogP contribution in [-0.2, 0) is 31.1 Å². The van der Waals surface area contributed by atoms with Gasteiger partial charge >= 0.3 is 24.7 Å². The molecule has 2 aromatic carbocycles. The molecule has 0 aliphatic heterocycles. The van der Waals surface area contributed by atoms with Gasteiger partial charge < -0.3 is 0 Å². The molecular formula is C26H19F12N. The van der Waals surface area contributed by atoms with E-state index in [9.17, 15) is 52.7 Å². The van der Waals surface area contributed by atoms with Gasteiger partial charge in [0.05, 0.1) is 28.3 Å². The van der Waals surface area contributed by atoms with Crippen LogP contribution in [0.2, 0.25) is 0 Å². The topological polar surface area (TPSA) is 3.24 Å². The smallest absolute Gasteiger partial charge is 0.282 e. The number of halogens is 12. The van der Waals surface area contributed by atoms with Crippen molar-refractivity contribution in [1.29, 1.82) is 0 Å². The molecule has 0 amide bonds. The Kier molecular flexibility index (Phi) is 9.60. The third-order valence-corrected chi connectivity index (χ3v) is 5.22. The van der Waals surface area contributed by atoms with Gasteiger partial charge in [0, 0.05) is 18.7 Å². The summed E-state index contributed by atoms with van der Waals surface area (Å²) in [5, 5.41) is 0. The van der Waals surface area contributed by atoms with Crippen molar-refractivity contribution in [3.05, 3.63) is 95.1 Å². The summed E-state index contributed by atoms with van der Waals surface area (Å²) in [7, 11) is 0. The van der Waals surface area contributed by atoms with E-state index < -0.39 is 70.5 Å². The molecule has 0 saturated heterocycles. The molecule has 1 nitrogen and oxygen atoms in total. The van der Waals surface area contributed by atoms with E-state index in [2.05, 4.69) is 25.0 Å². The molecule has 0 bridgehead atoms. The molecule has 0 aliphatic carbocycles. The highest BCUT2D eigenvalue weighted by Gasteiger charge is 2.38. The molecule has 0 heterocycles. The maximum Gasteiger partial charge on any atom is 0.416 e. The summed E-state index contributed by atoms with van der Waals surface area (Å²) in [5.74, 6) is 4.58. The first-order valence-corrected chi connectivity index (χ1v) is 10.8. The van der Waals surface area contributed by atoms with E-state index in [-0.39, 0.29) is 25.2 Å². The van der Waals surface area contributed by atoms with E-state index in [4.69, 9.17) is 0 Å². The number of nitrogens with zero attached hydrogens (tertiary/aromatic N) is 1. The largest absolute Gasteiger partial charge is 0.416 e. The van der Waals surface area contributed by atoms with Crippen molar-refractivity contribution in [2.24, 2.45) is 0 Å². The van der Waals surface area contributed by atoms with Gasteiger partial charge in [0.1, 0.15) is 0 Å². The molecule has 13 heteroatoms. The predicted octanol–water partition coefficient (Wildman–Crippen LogP) is 8.40. The summed E-state index contributed by atoms with van der Waals surface area (Å²) < 4.78 is 159. The van der Waals surface area contributed by atoms with Gasteiger partial charge in [0.15, 0.2) is 0 Å². The highest BCUT2D eigenvalue weighted by Crippen LogP contribution is 2.38. The molecule has 0 radical (unpaired) electrons. The molecule has 0 fully saturated rings. The second-order valence-electron chi connectivity index (χ2n) is 8.23. The molecular weight excluding hydrogens is 554 g/mol. The highest BCUT2D eigenvalue weighted by atomic mass is 19.4. The van der Waals surface area contributed by atoms with E-state index in [1.807, 2.05) is 0 Å². The van der Waals surface area contributed by atoms with Gasteiger partial charge in [-0.2, -0.15) is 52.7 Å². The van der Waals surface area contributed by atoms with Crippen molar-refractivity contribution < 1.29 is 52.7 Å². The van der Waals surface area contributed by atoms with Crippen LogP contribution in [0.1, 0.15) is 33.4 Å².